The van der Waals surface area contributed by atoms with Gasteiger partial charge >= 0.3 is 0 Å². The maximum Gasteiger partial charge on any atom is 0.0431 e. The Bertz CT molecular complexity index is 98.9. The Kier molecular flexibility index (Phi) is 9.87. The van der Waals surface area contributed by atoms with E-state index in [-0.39, 0.29) is 6.61 Å². The van der Waals surface area contributed by atoms with Gasteiger partial charge in [0.05, 0.1) is 0 Å². The molecule has 0 spiro atoms. The third-order valence-electron chi connectivity index (χ3n) is 2.37. The van der Waals surface area contributed by atoms with Gasteiger partial charge in [0.25, 0.3) is 0 Å². The summed E-state index contributed by atoms with van der Waals surface area (Å²) in [7, 11) is 0. The smallest absolute Gasteiger partial charge is 0.0431 e. The van der Waals surface area contributed by atoms with Crippen molar-refractivity contribution < 1.29 is 10.2 Å². The normalized spacial score (nSPS) is 13.2. The van der Waals surface area contributed by atoms with Crippen LogP contribution in [-0.4, -0.2) is 30.0 Å². The van der Waals surface area contributed by atoms with E-state index >= 15 is 0 Å². The maximum atomic E-state index is 8.65. The quantitative estimate of drug-likeness (QED) is 0.472. The zero-order chi connectivity index (χ0) is 9.94. The summed E-state index contributed by atoms with van der Waals surface area (Å²) < 4.78 is 0. The number of rotatable bonds is 9. The van der Waals surface area contributed by atoms with Crippen LogP contribution in [0.5, 0.6) is 0 Å². The lowest BCUT2D eigenvalue weighted by Crippen LogP contribution is -2.14. The molecular weight excluding hydrogens is 166 g/mol. The van der Waals surface area contributed by atoms with E-state index in [1.807, 2.05) is 0 Å². The minimum atomic E-state index is 0.271. The van der Waals surface area contributed by atoms with E-state index in [0.29, 0.717) is 12.5 Å². The molecular formula is C10H23NO2. The lowest BCUT2D eigenvalue weighted by Gasteiger charge is -2.13. The number of aliphatic hydroxyl groups is 2. The summed E-state index contributed by atoms with van der Waals surface area (Å²) in [6.45, 7) is 1.29. The highest BCUT2D eigenvalue weighted by Gasteiger charge is 2.05. The van der Waals surface area contributed by atoms with Crippen LogP contribution < -0.4 is 5.73 Å². The first-order chi connectivity index (χ1) is 6.35. The molecule has 0 aliphatic heterocycles. The van der Waals surface area contributed by atoms with E-state index < -0.39 is 0 Å². The third kappa shape index (κ3) is 8.22. The standard InChI is InChI=1S/C10H23NO2/c11-9-10(6-4-8-13)5-2-1-3-7-12/h10,12-13H,1-9,11H2/t10-/m1/s1. The molecule has 0 rings (SSSR count). The van der Waals surface area contributed by atoms with Gasteiger partial charge in [-0.05, 0) is 38.1 Å². The van der Waals surface area contributed by atoms with Crippen LogP contribution in [0.15, 0.2) is 0 Å². The second kappa shape index (κ2) is 9.96. The van der Waals surface area contributed by atoms with Crippen LogP contribution in [0.3, 0.4) is 0 Å². The van der Waals surface area contributed by atoms with Crippen molar-refractivity contribution in [2.45, 2.75) is 38.5 Å². The van der Waals surface area contributed by atoms with Gasteiger partial charge in [-0.3, -0.25) is 0 Å². The minimum absolute atomic E-state index is 0.271. The van der Waals surface area contributed by atoms with Gasteiger partial charge in [0.1, 0.15) is 0 Å². The minimum Gasteiger partial charge on any atom is -0.396 e. The largest absolute Gasteiger partial charge is 0.396 e. The maximum absolute atomic E-state index is 8.65. The van der Waals surface area contributed by atoms with Gasteiger partial charge in [-0.2, -0.15) is 0 Å². The van der Waals surface area contributed by atoms with Crippen molar-refractivity contribution >= 4 is 0 Å². The molecule has 0 aliphatic rings. The van der Waals surface area contributed by atoms with E-state index in [2.05, 4.69) is 0 Å². The lowest BCUT2D eigenvalue weighted by atomic mass is 9.96. The molecule has 0 fully saturated rings. The molecule has 0 saturated carbocycles. The van der Waals surface area contributed by atoms with Crippen molar-refractivity contribution in [3.8, 4) is 0 Å². The van der Waals surface area contributed by atoms with E-state index in [1.54, 1.807) is 0 Å². The molecule has 0 amide bonds. The predicted molar refractivity (Wildman–Crippen MR) is 54.4 cm³/mol. The number of aliphatic hydroxyl groups excluding tert-OH is 2. The SMILES string of the molecule is NC[C@@H](CCCO)CCCCCO. The fourth-order valence-electron chi connectivity index (χ4n) is 1.48. The van der Waals surface area contributed by atoms with Crippen molar-refractivity contribution in [2.24, 2.45) is 11.7 Å². The van der Waals surface area contributed by atoms with Crippen molar-refractivity contribution in [2.75, 3.05) is 19.8 Å². The van der Waals surface area contributed by atoms with Gasteiger partial charge in [-0.1, -0.05) is 12.8 Å². The molecule has 0 aromatic carbocycles. The first kappa shape index (κ1) is 12.9. The first-order valence-corrected chi connectivity index (χ1v) is 5.27. The molecule has 0 radical (unpaired) electrons. The third-order valence-corrected chi connectivity index (χ3v) is 2.37. The first-order valence-electron chi connectivity index (χ1n) is 5.27. The monoisotopic (exact) mass is 189 g/mol. The zero-order valence-corrected chi connectivity index (χ0v) is 8.41. The summed E-state index contributed by atoms with van der Waals surface area (Å²) in [6, 6.07) is 0. The summed E-state index contributed by atoms with van der Waals surface area (Å²) in [5.41, 5.74) is 5.60. The van der Waals surface area contributed by atoms with E-state index in [4.69, 9.17) is 15.9 Å². The second-order valence-electron chi connectivity index (χ2n) is 3.54. The van der Waals surface area contributed by atoms with Crippen molar-refractivity contribution in [1.82, 2.24) is 0 Å². The fraction of sp³-hybridized carbons (Fsp3) is 1.00. The fourth-order valence-corrected chi connectivity index (χ4v) is 1.48. The molecule has 0 bridgehead atoms. The summed E-state index contributed by atoms with van der Waals surface area (Å²) in [5, 5.41) is 17.2. The van der Waals surface area contributed by atoms with Gasteiger partial charge in [0.15, 0.2) is 0 Å². The summed E-state index contributed by atoms with van der Waals surface area (Å²) >= 11 is 0. The molecule has 0 saturated heterocycles. The van der Waals surface area contributed by atoms with Crippen LogP contribution in [-0.2, 0) is 0 Å². The van der Waals surface area contributed by atoms with Crippen LogP contribution in [0.2, 0.25) is 0 Å². The van der Waals surface area contributed by atoms with E-state index in [1.165, 1.54) is 0 Å². The van der Waals surface area contributed by atoms with Gasteiger partial charge < -0.3 is 15.9 Å². The zero-order valence-electron chi connectivity index (χ0n) is 8.41. The molecule has 0 unspecified atom stereocenters. The Morgan fingerprint density at radius 2 is 1.46 bits per heavy atom. The van der Waals surface area contributed by atoms with Gasteiger partial charge in [0.2, 0.25) is 0 Å². The van der Waals surface area contributed by atoms with Gasteiger partial charge in [-0.15, -0.1) is 0 Å². The van der Waals surface area contributed by atoms with Crippen LogP contribution >= 0.6 is 0 Å². The summed E-state index contributed by atoms with van der Waals surface area (Å²) in [4.78, 5) is 0. The Balaban J connectivity index is 3.25. The molecule has 0 aliphatic carbocycles. The van der Waals surface area contributed by atoms with Crippen LogP contribution in [0.4, 0.5) is 0 Å². The summed E-state index contributed by atoms with van der Waals surface area (Å²) in [5.74, 6) is 0.561. The highest BCUT2D eigenvalue weighted by molar-refractivity contribution is 4.60. The molecule has 0 aromatic rings. The van der Waals surface area contributed by atoms with Crippen molar-refractivity contribution in [3.63, 3.8) is 0 Å². The number of hydrogen-bond donors (Lipinski definition) is 3. The molecule has 0 heterocycles. The van der Waals surface area contributed by atoms with Crippen molar-refractivity contribution in [1.29, 1.82) is 0 Å². The summed E-state index contributed by atoms with van der Waals surface area (Å²) in [6.07, 6.45) is 6.17. The molecule has 0 aromatic heterocycles. The Morgan fingerprint density at radius 1 is 0.846 bits per heavy atom. The molecule has 4 N–H and O–H groups in total. The number of unbranched alkanes of at least 4 members (excludes halogenated alkanes) is 2. The predicted octanol–water partition coefficient (Wildman–Crippen LogP) is 0.886. The highest BCUT2D eigenvalue weighted by atomic mass is 16.3. The second-order valence-corrected chi connectivity index (χ2v) is 3.54. The Morgan fingerprint density at radius 3 is 2.00 bits per heavy atom. The number of hydrogen-bond acceptors (Lipinski definition) is 3. The van der Waals surface area contributed by atoms with Gasteiger partial charge in [0, 0.05) is 13.2 Å². The van der Waals surface area contributed by atoms with Crippen molar-refractivity contribution in [3.05, 3.63) is 0 Å². The Hall–Kier alpha value is -0.120. The molecule has 80 valence electrons. The molecule has 3 nitrogen and oxygen atoms in total. The topological polar surface area (TPSA) is 66.5 Å². The van der Waals surface area contributed by atoms with Crippen LogP contribution in [0.1, 0.15) is 38.5 Å². The van der Waals surface area contributed by atoms with Crippen LogP contribution in [0.25, 0.3) is 0 Å². The average Bonchev–Trinajstić information content (AvgIpc) is 2.17. The molecule has 1 atom stereocenters. The lowest BCUT2D eigenvalue weighted by molar-refractivity contribution is 0.264. The number of nitrogens with two attached hydrogens (primary N) is 1. The molecule has 3 heteroatoms. The highest BCUT2D eigenvalue weighted by Crippen LogP contribution is 2.13. The van der Waals surface area contributed by atoms with E-state index in [9.17, 15) is 0 Å². The van der Waals surface area contributed by atoms with Gasteiger partial charge in [-0.25, -0.2) is 0 Å². The molecule has 13 heavy (non-hydrogen) atoms. The van der Waals surface area contributed by atoms with E-state index in [0.717, 1.165) is 45.1 Å². The van der Waals surface area contributed by atoms with Crippen LogP contribution in [0, 0.1) is 5.92 Å². The Labute approximate surface area is 81.0 Å². The average molecular weight is 189 g/mol.